The van der Waals surface area contributed by atoms with Crippen LogP contribution in [-0.4, -0.2) is 63.9 Å². The van der Waals surface area contributed by atoms with Gasteiger partial charge in [-0.15, -0.1) is 0 Å². The fourth-order valence-electron chi connectivity index (χ4n) is 3.85. The molecule has 2 aromatic carbocycles. The highest BCUT2D eigenvalue weighted by Crippen LogP contribution is 2.34. The molecule has 2 N–H and O–H groups in total. The number of esters is 1. The number of nitro groups is 1. The lowest BCUT2D eigenvalue weighted by Gasteiger charge is -2.24. The molecule has 0 atom stereocenters. The number of amides is 1. The number of nitrogens with two attached hydrogens (primary N) is 1. The number of hydrogen-bond acceptors (Lipinski definition) is 12. The maximum atomic E-state index is 12.4. The van der Waals surface area contributed by atoms with Crippen molar-refractivity contribution >= 4 is 41.1 Å². The lowest BCUT2D eigenvalue weighted by molar-refractivity contribution is -0.383. The minimum absolute atomic E-state index is 0.0763. The minimum Gasteiger partial charge on any atom is -0.465 e. The molecule has 0 saturated carbocycles. The zero-order valence-electron chi connectivity index (χ0n) is 25.0. The van der Waals surface area contributed by atoms with Gasteiger partial charge in [0, 0.05) is 20.1 Å². The minimum atomic E-state index is -0.662. The smallest absolute Gasteiger partial charge is 0.410 e. The second kappa shape index (κ2) is 14.5. The average Bonchev–Trinajstić information content (AvgIpc) is 2.93. The van der Waals surface area contributed by atoms with Crippen molar-refractivity contribution in [2.75, 3.05) is 37.1 Å². The molecule has 0 aliphatic heterocycles. The average molecular weight is 613 g/mol. The highest BCUT2D eigenvalue weighted by atomic mass is 32.2. The van der Waals surface area contributed by atoms with Crippen molar-refractivity contribution in [2.24, 2.45) is 0 Å². The van der Waals surface area contributed by atoms with Crippen LogP contribution in [0.2, 0.25) is 0 Å². The normalized spacial score (nSPS) is 11.0. The Labute approximate surface area is 254 Å². The van der Waals surface area contributed by atoms with E-state index in [0.717, 1.165) is 11.1 Å². The van der Waals surface area contributed by atoms with Crippen LogP contribution >= 0.6 is 11.8 Å². The van der Waals surface area contributed by atoms with E-state index in [9.17, 15) is 19.7 Å². The summed E-state index contributed by atoms with van der Waals surface area (Å²) < 4.78 is 16.4. The maximum absolute atomic E-state index is 12.4. The number of ether oxygens (including phenoxy) is 3. The molecule has 14 heteroatoms. The van der Waals surface area contributed by atoms with Gasteiger partial charge in [0.1, 0.15) is 23.6 Å². The maximum Gasteiger partial charge on any atom is 0.410 e. The molecule has 13 nitrogen and oxygen atoms in total. The number of thioether (sulfide) groups is 1. The zero-order valence-corrected chi connectivity index (χ0v) is 25.8. The zero-order chi connectivity index (χ0) is 31.7. The summed E-state index contributed by atoms with van der Waals surface area (Å²) in [7, 11) is 1.67. The van der Waals surface area contributed by atoms with Gasteiger partial charge in [0.15, 0.2) is 5.16 Å². The van der Waals surface area contributed by atoms with Crippen molar-refractivity contribution in [3.05, 3.63) is 69.8 Å². The van der Waals surface area contributed by atoms with Gasteiger partial charge in [0.05, 0.1) is 11.5 Å². The van der Waals surface area contributed by atoms with Crippen molar-refractivity contribution in [2.45, 2.75) is 51.5 Å². The van der Waals surface area contributed by atoms with Crippen LogP contribution in [0.1, 0.15) is 38.8 Å². The third-order valence-electron chi connectivity index (χ3n) is 5.74. The molecule has 0 saturated heterocycles. The molecule has 3 aromatic rings. The molecule has 0 fully saturated rings. The van der Waals surface area contributed by atoms with E-state index in [2.05, 4.69) is 9.97 Å². The van der Waals surface area contributed by atoms with Gasteiger partial charge in [0.2, 0.25) is 11.6 Å². The number of nitrogen functional groups attached to an aromatic ring is 1. The number of benzene rings is 2. The predicted molar refractivity (Wildman–Crippen MR) is 163 cm³/mol. The van der Waals surface area contributed by atoms with Gasteiger partial charge in [-0.1, -0.05) is 36.0 Å². The van der Waals surface area contributed by atoms with Crippen LogP contribution < -0.4 is 15.4 Å². The largest absolute Gasteiger partial charge is 0.465 e. The summed E-state index contributed by atoms with van der Waals surface area (Å²) in [6.07, 6.45) is 1.31. The van der Waals surface area contributed by atoms with Gasteiger partial charge in [-0.2, -0.15) is 9.97 Å². The fourth-order valence-corrected chi connectivity index (χ4v) is 4.22. The van der Waals surface area contributed by atoms with Gasteiger partial charge in [0.25, 0.3) is 0 Å². The lowest BCUT2D eigenvalue weighted by Crippen LogP contribution is -2.33. The van der Waals surface area contributed by atoms with E-state index >= 15 is 0 Å². The Bertz CT molecular complexity index is 1430. The lowest BCUT2D eigenvalue weighted by atomic mass is 10.2. The van der Waals surface area contributed by atoms with Crippen LogP contribution in [0.3, 0.4) is 0 Å². The Hall–Kier alpha value is -4.59. The first kappa shape index (κ1) is 32.9. The number of anilines is 2. The van der Waals surface area contributed by atoms with Crippen molar-refractivity contribution in [1.29, 1.82) is 0 Å². The summed E-state index contributed by atoms with van der Waals surface area (Å²) in [4.78, 5) is 47.0. The van der Waals surface area contributed by atoms with Gasteiger partial charge >= 0.3 is 17.7 Å². The van der Waals surface area contributed by atoms with Gasteiger partial charge in [-0.25, -0.2) is 4.79 Å². The quantitative estimate of drug-likeness (QED) is 0.0910. The van der Waals surface area contributed by atoms with Crippen LogP contribution in [0.4, 0.5) is 22.1 Å². The third kappa shape index (κ3) is 9.74. The Kier molecular flexibility index (Phi) is 11.1. The SMILES string of the molecule is CCOC(=O)CN(Cc1ccc(Oc2ccc(CN(C)C(=O)OC(C)(C)C)cc2)cc1)c1nc(SC)nc(N)c1[N+](=O)[O-]. The summed E-state index contributed by atoms with van der Waals surface area (Å²) in [6.45, 7) is 7.48. The van der Waals surface area contributed by atoms with E-state index in [1.165, 1.54) is 21.6 Å². The summed E-state index contributed by atoms with van der Waals surface area (Å²) in [6, 6.07) is 14.4. The molecule has 1 heterocycles. The molecule has 0 spiro atoms. The van der Waals surface area contributed by atoms with Crippen molar-refractivity contribution in [3.8, 4) is 11.5 Å². The number of rotatable bonds is 12. The van der Waals surface area contributed by atoms with E-state index in [1.54, 1.807) is 56.6 Å². The summed E-state index contributed by atoms with van der Waals surface area (Å²) >= 11 is 1.17. The predicted octanol–water partition coefficient (Wildman–Crippen LogP) is 5.42. The van der Waals surface area contributed by atoms with Crippen LogP contribution in [0.15, 0.2) is 53.7 Å². The Morgan fingerprint density at radius 3 is 2.05 bits per heavy atom. The first-order chi connectivity index (χ1) is 20.3. The van der Waals surface area contributed by atoms with Crippen LogP contribution in [0, 0.1) is 10.1 Å². The molecule has 0 bridgehead atoms. The highest BCUT2D eigenvalue weighted by Gasteiger charge is 2.29. The Balaban J connectivity index is 1.74. The number of carbonyl (C=O) groups is 2. The number of hydrogen-bond donors (Lipinski definition) is 1. The van der Waals surface area contributed by atoms with Crippen molar-refractivity contribution < 1.29 is 28.7 Å². The van der Waals surface area contributed by atoms with Gasteiger partial charge in [-0.05, 0) is 69.3 Å². The second-order valence-corrected chi connectivity index (χ2v) is 11.2. The van der Waals surface area contributed by atoms with Crippen molar-refractivity contribution in [1.82, 2.24) is 14.9 Å². The highest BCUT2D eigenvalue weighted by molar-refractivity contribution is 7.98. The second-order valence-electron chi connectivity index (χ2n) is 10.4. The first-order valence-electron chi connectivity index (χ1n) is 13.4. The topological polar surface area (TPSA) is 163 Å². The van der Waals surface area contributed by atoms with Gasteiger partial charge < -0.3 is 29.7 Å². The standard InChI is InChI=1S/C29H36N6O7S/c1-7-40-23(36)18-34(26-24(35(38)39)25(30)31-27(32-26)43-6)17-20-10-14-22(15-11-20)41-21-12-8-19(9-13-21)16-33(5)28(37)42-29(2,3)4/h8-15H,7,16-18H2,1-6H3,(H2,30,31,32). The molecule has 43 heavy (non-hydrogen) atoms. The third-order valence-corrected chi connectivity index (χ3v) is 6.29. The molecule has 0 aliphatic carbocycles. The van der Waals surface area contributed by atoms with Crippen LogP contribution in [-0.2, 0) is 27.4 Å². The van der Waals surface area contributed by atoms with E-state index < -0.39 is 28.3 Å². The van der Waals surface area contributed by atoms with E-state index in [4.69, 9.17) is 19.9 Å². The first-order valence-corrected chi connectivity index (χ1v) is 14.6. The Morgan fingerprint density at radius 2 is 1.56 bits per heavy atom. The molecular formula is C29H36N6O7S. The van der Waals surface area contributed by atoms with E-state index in [1.807, 2.05) is 32.9 Å². The summed E-state index contributed by atoms with van der Waals surface area (Å²) in [5.41, 5.74) is 6.47. The number of nitrogens with zero attached hydrogens (tertiary/aromatic N) is 5. The molecule has 0 unspecified atom stereocenters. The molecule has 1 aromatic heterocycles. The molecule has 0 aliphatic rings. The molecule has 0 radical (unpaired) electrons. The van der Waals surface area contributed by atoms with Crippen LogP contribution in [0.5, 0.6) is 11.5 Å². The van der Waals surface area contributed by atoms with Gasteiger partial charge in [-0.3, -0.25) is 14.9 Å². The number of carbonyl (C=O) groups excluding carboxylic acids is 2. The fraction of sp³-hybridized carbons (Fsp3) is 0.379. The van der Waals surface area contributed by atoms with E-state index in [-0.39, 0.29) is 36.5 Å². The van der Waals surface area contributed by atoms with Crippen LogP contribution in [0.25, 0.3) is 0 Å². The molecule has 3 rings (SSSR count). The summed E-state index contributed by atoms with van der Waals surface area (Å²) in [5.74, 6) is 0.214. The molecule has 1 amide bonds. The molecular weight excluding hydrogens is 576 g/mol. The Morgan fingerprint density at radius 1 is 1.00 bits per heavy atom. The monoisotopic (exact) mass is 612 g/mol. The number of aromatic nitrogens is 2. The summed E-state index contributed by atoms with van der Waals surface area (Å²) in [5, 5.41) is 12.1. The molecule has 230 valence electrons. The van der Waals surface area contributed by atoms with E-state index in [0.29, 0.717) is 18.0 Å². The van der Waals surface area contributed by atoms with Crippen molar-refractivity contribution in [3.63, 3.8) is 0 Å².